The monoisotopic (exact) mass is 277 g/mol. The zero-order valence-corrected chi connectivity index (χ0v) is 12.2. The maximum absolute atomic E-state index is 6.13. The molecule has 0 saturated carbocycles. The molecule has 2 rings (SSSR count). The van der Waals surface area contributed by atoms with Crippen molar-refractivity contribution in [2.45, 2.75) is 33.1 Å². The van der Waals surface area contributed by atoms with Crippen molar-refractivity contribution in [2.75, 3.05) is 6.54 Å². The van der Waals surface area contributed by atoms with Gasteiger partial charge in [-0.2, -0.15) is 5.10 Å². The second kappa shape index (κ2) is 6.22. The van der Waals surface area contributed by atoms with Gasteiger partial charge in [0.25, 0.3) is 0 Å². The molecule has 4 heteroatoms. The molecular formula is C15H20ClN3. The summed E-state index contributed by atoms with van der Waals surface area (Å²) in [5, 5.41) is 5.40. The van der Waals surface area contributed by atoms with Crippen LogP contribution in [0.1, 0.15) is 30.8 Å². The van der Waals surface area contributed by atoms with Gasteiger partial charge in [0.15, 0.2) is 0 Å². The third-order valence-corrected chi connectivity index (χ3v) is 3.48. The summed E-state index contributed by atoms with van der Waals surface area (Å²) in [7, 11) is 0. The van der Waals surface area contributed by atoms with Gasteiger partial charge < -0.3 is 5.73 Å². The van der Waals surface area contributed by atoms with Crippen LogP contribution in [0.3, 0.4) is 0 Å². The van der Waals surface area contributed by atoms with Crippen LogP contribution in [0.15, 0.2) is 24.3 Å². The van der Waals surface area contributed by atoms with Crippen molar-refractivity contribution in [1.82, 2.24) is 9.78 Å². The van der Waals surface area contributed by atoms with E-state index in [1.807, 2.05) is 22.9 Å². The number of hydrogen-bond acceptors (Lipinski definition) is 2. The van der Waals surface area contributed by atoms with Gasteiger partial charge in [0.2, 0.25) is 0 Å². The second-order valence-electron chi connectivity index (χ2n) is 4.56. The normalized spacial score (nSPS) is 10.9. The van der Waals surface area contributed by atoms with Gasteiger partial charge in [-0.1, -0.05) is 31.5 Å². The number of halogens is 1. The van der Waals surface area contributed by atoms with E-state index in [-0.39, 0.29) is 0 Å². The van der Waals surface area contributed by atoms with Gasteiger partial charge in [-0.25, -0.2) is 4.68 Å². The van der Waals surface area contributed by atoms with Crippen LogP contribution in [0.4, 0.5) is 0 Å². The largest absolute Gasteiger partial charge is 0.330 e. The number of aryl methyl sites for hydroxylation is 2. The molecule has 1 aromatic carbocycles. The first-order chi connectivity index (χ1) is 9.19. The van der Waals surface area contributed by atoms with Gasteiger partial charge in [0.1, 0.15) is 0 Å². The number of rotatable bonds is 5. The molecular weight excluding hydrogens is 258 g/mol. The van der Waals surface area contributed by atoms with Crippen LogP contribution in [-0.2, 0) is 19.3 Å². The van der Waals surface area contributed by atoms with E-state index in [0.29, 0.717) is 6.54 Å². The first-order valence-electron chi connectivity index (χ1n) is 6.76. The van der Waals surface area contributed by atoms with Crippen molar-refractivity contribution in [2.24, 2.45) is 5.73 Å². The summed E-state index contributed by atoms with van der Waals surface area (Å²) in [6.07, 6.45) is 2.71. The molecule has 0 aliphatic carbocycles. The number of aromatic nitrogens is 2. The Morgan fingerprint density at radius 2 is 2.00 bits per heavy atom. The fraction of sp³-hybridized carbons (Fsp3) is 0.400. The molecule has 0 spiro atoms. The summed E-state index contributed by atoms with van der Waals surface area (Å²) in [5.41, 5.74) is 10.2. The molecule has 0 amide bonds. The highest BCUT2D eigenvalue weighted by Gasteiger charge is 2.11. The Morgan fingerprint density at radius 1 is 1.21 bits per heavy atom. The van der Waals surface area contributed by atoms with E-state index in [1.54, 1.807) is 0 Å². The van der Waals surface area contributed by atoms with E-state index in [2.05, 4.69) is 25.0 Å². The van der Waals surface area contributed by atoms with Crippen molar-refractivity contribution in [1.29, 1.82) is 0 Å². The highest BCUT2D eigenvalue weighted by molar-refractivity contribution is 6.30. The molecule has 0 bridgehead atoms. The van der Waals surface area contributed by atoms with E-state index in [1.165, 1.54) is 11.3 Å². The molecule has 0 atom stereocenters. The summed E-state index contributed by atoms with van der Waals surface area (Å²) in [5.74, 6) is 0. The minimum atomic E-state index is 0.623. The highest BCUT2D eigenvalue weighted by Crippen LogP contribution is 2.22. The van der Waals surface area contributed by atoms with Crippen molar-refractivity contribution in [3.63, 3.8) is 0 Å². The molecule has 0 fully saturated rings. The molecule has 2 aromatic rings. The maximum atomic E-state index is 6.13. The second-order valence-corrected chi connectivity index (χ2v) is 4.99. The van der Waals surface area contributed by atoms with Gasteiger partial charge >= 0.3 is 0 Å². The summed E-state index contributed by atoms with van der Waals surface area (Å²) in [6, 6.07) is 8.08. The van der Waals surface area contributed by atoms with Crippen molar-refractivity contribution >= 4 is 11.6 Å². The number of hydrogen-bond donors (Lipinski definition) is 1. The topological polar surface area (TPSA) is 43.8 Å². The molecule has 1 heterocycles. The Kier molecular flexibility index (Phi) is 4.61. The predicted molar refractivity (Wildman–Crippen MR) is 80.1 cm³/mol. The van der Waals surface area contributed by atoms with Gasteiger partial charge in [-0.3, -0.25) is 0 Å². The molecule has 2 N–H and O–H groups in total. The molecule has 19 heavy (non-hydrogen) atoms. The number of benzene rings is 1. The third-order valence-electron chi connectivity index (χ3n) is 3.25. The molecule has 3 nitrogen and oxygen atoms in total. The summed E-state index contributed by atoms with van der Waals surface area (Å²) < 4.78 is 2.01. The third kappa shape index (κ3) is 2.99. The summed E-state index contributed by atoms with van der Waals surface area (Å²) >= 11 is 6.13. The Labute approximate surface area is 119 Å². The minimum Gasteiger partial charge on any atom is -0.330 e. The minimum absolute atomic E-state index is 0.623. The van der Waals surface area contributed by atoms with Crippen LogP contribution in [0, 0.1) is 0 Å². The Balaban J connectivity index is 2.56. The van der Waals surface area contributed by atoms with Crippen molar-refractivity contribution in [3.05, 3.63) is 46.2 Å². The first kappa shape index (κ1) is 14.1. The molecule has 0 radical (unpaired) electrons. The van der Waals surface area contributed by atoms with Crippen LogP contribution < -0.4 is 5.73 Å². The van der Waals surface area contributed by atoms with Crippen LogP contribution >= 0.6 is 11.6 Å². The SMILES string of the molecule is CCc1cc(CC)n(-c2cc(Cl)ccc2CCN)n1. The van der Waals surface area contributed by atoms with Gasteiger partial charge in [0, 0.05) is 10.7 Å². The van der Waals surface area contributed by atoms with E-state index in [9.17, 15) is 0 Å². The zero-order valence-electron chi connectivity index (χ0n) is 11.5. The lowest BCUT2D eigenvalue weighted by Crippen LogP contribution is -2.09. The van der Waals surface area contributed by atoms with Crippen molar-refractivity contribution in [3.8, 4) is 5.69 Å². The Morgan fingerprint density at radius 3 is 2.63 bits per heavy atom. The van der Waals surface area contributed by atoms with E-state index in [0.717, 1.165) is 35.7 Å². The number of nitrogens with zero attached hydrogens (tertiary/aromatic N) is 2. The molecule has 102 valence electrons. The van der Waals surface area contributed by atoms with Crippen LogP contribution in [0.2, 0.25) is 5.02 Å². The molecule has 0 aliphatic heterocycles. The fourth-order valence-corrected chi connectivity index (χ4v) is 2.38. The van der Waals surface area contributed by atoms with E-state index >= 15 is 0 Å². The van der Waals surface area contributed by atoms with Gasteiger partial charge in [-0.05, 0) is 49.6 Å². The predicted octanol–water partition coefficient (Wildman–Crippen LogP) is 3.15. The summed E-state index contributed by atoms with van der Waals surface area (Å²) in [6.45, 7) is 4.88. The maximum Gasteiger partial charge on any atom is 0.0696 e. The quantitative estimate of drug-likeness (QED) is 0.912. The molecule has 0 aliphatic rings. The lowest BCUT2D eigenvalue weighted by atomic mass is 10.1. The smallest absolute Gasteiger partial charge is 0.0696 e. The highest BCUT2D eigenvalue weighted by atomic mass is 35.5. The average Bonchev–Trinajstić information content (AvgIpc) is 2.84. The van der Waals surface area contributed by atoms with E-state index in [4.69, 9.17) is 17.3 Å². The summed E-state index contributed by atoms with van der Waals surface area (Å²) in [4.78, 5) is 0. The van der Waals surface area contributed by atoms with Gasteiger partial charge in [0.05, 0.1) is 11.4 Å². The average molecular weight is 278 g/mol. The Bertz CT molecular complexity index is 561. The van der Waals surface area contributed by atoms with Gasteiger partial charge in [-0.15, -0.1) is 0 Å². The standard InChI is InChI=1S/C15H20ClN3/c1-3-13-10-14(4-2)19(18-13)15-9-12(16)6-5-11(15)7-8-17/h5-6,9-10H,3-4,7-8,17H2,1-2H3. The van der Waals surface area contributed by atoms with Crippen molar-refractivity contribution < 1.29 is 0 Å². The van der Waals surface area contributed by atoms with Crippen LogP contribution in [-0.4, -0.2) is 16.3 Å². The lowest BCUT2D eigenvalue weighted by molar-refractivity contribution is 0.780. The van der Waals surface area contributed by atoms with Crippen LogP contribution in [0.5, 0.6) is 0 Å². The fourth-order valence-electron chi connectivity index (χ4n) is 2.21. The Hall–Kier alpha value is -1.32. The molecule has 0 unspecified atom stereocenters. The zero-order chi connectivity index (χ0) is 13.8. The number of nitrogens with two attached hydrogens (primary N) is 1. The molecule has 1 aromatic heterocycles. The molecule has 0 saturated heterocycles. The van der Waals surface area contributed by atoms with E-state index < -0.39 is 0 Å². The van der Waals surface area contributed by atoms with Crippen LogP contribution in [0.25, 0.3) is 5.69 Å². The lowest BCUT2D eigenvalue weighted by Gasteiger charge is -2.12. The first-order valence-corrected chi connectivity index (χ1v) is 7.14.